The molecule has 109 heavy (non-hydrogen) atoms. The Kier molecular flexibility index (Phi) is 33.1. The van der Waals surface area contributed by atoms with Crippen LogP contribution in [-0.4, -0.2) is 127 Å². The van der Waals surface area contributed by atoms with Crippen LogP contribution in [0, 0.1) is 52.7 Å². The summed E-state index contributed by atoms with van der Waals surface area (Å²) in [4.78, 5) is 127. The topological polar surface area (TPSA) is 336 Å². The number of phenolic OH excluding ortho intramolecular Hbond substituents is 1. The molecule has 6 amide bonds. The predicted molar refractivity (Wildman–Crippen MR) is 392 cm³/mol. The van der Waals surface area contributed by atoms with Gasteiger partial charge in [0.2, 0.25) is 17.7 Å². The average Bonchev–Trinajstić information content (AvgIpc) is 1.47. The number of ether oxygens (including phenoxy) is 5. The van der Waals surface area contributed by atoms with Crippen LogP contribution < -0.4 is 41.4 Å². The second-order valence-corrected chi connectivity index (χ2v) is 29.4. The second kappa shape index (κ2) is 41.3. The zero-order chi connectivity index (χ0) is 80.3. The first-order valence-corrected chi connectivity index (χ1v) is 36.1. The average molecular weight is 1550 g/mol. The number of anilines is 3. The number of halogens is 7. The largest absolute Gasteiger partial charge is 0.503 e. The number of phenols is 1. The van der Waals surface area contributed by atoms with E-state index in [-0.39, 0.29) is 78.0 Å². The summed E-state index contributed by atoms with van der Waals surface area (Å²) in [6.07, 6.45) is 12.9. The number of imide groups is 1. The van der Waals surface area contributed by atoms with Gasteiger partial charge in [-0.15, -0.1) is 11.6 Å². The molecule has 9 rings (SSSR count). The maximum absolute atomic E-state index is 13.9. The van der Waals surface area contributed by atoms with Crippen LogP contribution in [0.4, 0.5) is 58.2 Å². The van der Waals surface area contributed by atoms with Crippen LogP contribution >= 0.6 is 11.6 Å². The van der Waals surface area contributed by atoms with Gasteiger partial charge in [-0.05, 0) is 172 Å². The van der Waals surface area contributed by atoms with E-state index in [1.807, 2.05) is 0 Å². The molecule has 3 aliphatic carbocycles. The van der Waals surface area contributed by atoms with Crippen molar-refractivity contribution in [3.05, 3.63) is 161 Å². The van der Waals surface area contributed by atoms with Crippen LogP contribution in [0.5, 0.6) is 17.2 Å². The van der Waals surface area contributed by atoms with Crippen LogP contribution in [-0.2, 0) is 62.2 Å². The summed E-state index contributed by atoms with van der Waals surface area (Å²) in [6, 6.07) is 16.6. The van der Waals surface area contributed by atoms with Crippen LogP contribution in [0.1, 0.15) is 156 Å². The van der Waals surface area contributed by atoms with Crippen molar-refractivity contribution >= 4 is 82.4 Å². The van der Waals surface area contributed by atoms with Crippen molar-refractivity contribution in [2.24, 2.45) is 17.8 Å². The highest BCUT2D eigenvalue weighted by molar-refractivity contribution is 6.28. The number of hydrogen-bond acceptors (Lipinski definition) is 19. The Morgan fingerprint density at radius 2 is 0.817 bits per heavy atom. The fraction of sp³-hybridized carbons (Fsp3) is 0.462. The fourth-order valence-electron chi connectivity index (χ4n) is 11.3. The van der Waals surface area contributed by atoms with E-state index >= 15 is 0 Å². The van der Waals surface area contributed by atoms with Gasteiger partial charge in [-0.1, -0.05) is 74.9 Å². The molecule has 3 aromatic heterocycles. The highest BCUT2D eigenvalue weighted by Crippen LogP contribution is 2.30. The number of carbonyl (C=O) groups is 9. The zero-order valence-corrected chi connectivity index (χ0v) is 63.0. The number of carbonyl (C=O) groups excluding carboxylic acids is 9. The van der Waals surface area contributed by atoms with Crippen LogP contribution in [0.3, 0.4) is 0 Å². The van der Waals surface area contributed by atoms with Crippen LogP contribution in [0.2, 0.25) is 0 Å². The number of rotatable bonds is 24. The molecule has 3 aliphatic rings. The normalized spacial score (nSPS) is 14.6. The number of nitrogens with two attached hydrogens (primary N) is 1. The standard InChI is InChI=1S/C26H31F2N3O5.C25H36ClN3O6.C21H23F2N3O3.C6H4F2O/c1-26(2,3)36-25(34)31-22-12-11-16(14-29-22)13-20(30-24(33)17-7-4-5-8-17)21(32)15-35-23-18(27)9-6-10-19(23)28;1-24(2,3)34-22(32)29(23(33)35-25(4,5)6)20-12-11-16(15-27-20)13-18(19(30)14-26)28-21(31)17-9-7-8-10-17;22-15-6-3-7-16(23)20(15)29-12-18(27)17(10-13-8-9-19(24)25-11-13)26-21(28)14-4-1-2-5-14;7-4-2-1-3-5(8)6(4)9/h6,9-12,14,17,20H,4-5,7-8,13,15H2,1-3H3,(H,30,33)(H,29,31,34);11-12,15,17-18H,7-10,13-14H2,1-6H3,(H,28,31);3,6-9,11,14,17H,1-2,4-5,10,12H2,(H2,24,25)(H,26,28);1-3,9H. The van der Waals surface area contributed by atoms with E-state index in [0.717, 1.165) is 118 Å². The molecule has 3 aromatic carbocycles. The van der Waals surface area contributed by atoms with Crippen molar-refractivity contribution in [1.29, 1.82) is 0 Å². The zero-order valence-electron chi connectivity index (χ0n) is 62.3. The molecule has 590 valence electrons. The van der Waals surface area contributed by atoms with Gasteiger partial charge >= 0.3 is 18.3 Å². The van der Waals surface area contributed by atoms with E-state index in [1.54, 1.807) is 92.6 Å². The highest BCUT2D eigenvalue weighted by atomic mass is 35.5. The number of alkyl halides is 1. The molecule has 3 unspecified atom stereocenters. The van der Waals surface area contributed by atoms with Gasteiger partial charge < -0.3 is 50.5 Å². The number of pyridine rings is 3. The van der Waals surface area contributed by atoms with E-state index in [9.17, 15) is 69.5 Å². The molecule has 0 aliphatic heterocycles. The number of amides is 6. The van der Waals surface area contributed by atoms with E-state index in [2.05, 4.69) is 36.2 Å². The summed E-state index contributed by atoms with van der Waals surface area (Å²) in [7, 11) is 0. The monoisotopic (exact) mass is 1550 g/mol. The van der Waals surface area contributed by atoms with Crippen molar-refractivity contribution < 1.29 is 98.3 Å². The quantitative estimate of drug-likeness (QED) is 0.0186. The number of aromatic nitrogens is 3. The summed E-state index contributed by atoms with van der Waals surface area (Å²) < 4.78 is 106. The lowest BCUT2D eigenvalue weighted by atomic mass is 10.0. The maximum atomic E-state index is 13.9. The number of aromatic hydroxyl groups is 1. The number of ketones is 3. The van der Waals surface area contributed by atoms with Gasteiger partial charge in [-0.2, -0.15) is 4.90 Å². The molecule has 7 N–H and O–H groups in total. The van der Waals surface area contributed by atoms with E-state index in [1.165, 1.54) is 42.9 Å². The molecule has 3 atom stereocenters. The van der Waals surface area contributed by atoms with Gasteiger partial charge in [0.05, 0.1) is 24.0 Å². The van der Waals surface area contributed by atoms with Crippen molar-refractivity contribution in [3.8, 4) is 17.2 Å². The Morgan fingerprint density at radius 3 is 1.13 bits per heavy atom. The van der Waals surface area contributed by atoms with Gasteiger partial charge in [0.15, 0.2) is 69.5 Å². The summed E-state index contributed by atoms with van der Waals surface area (Å²) in [5.74, 6) is -9.62. The van der Waals surface area contributed by atoms with Crippen molar-refractivity contribution in [1.82, 2.24) is 30.9 Å². The predicted octanol–water partition coefficient (Wildman–Crippen LogP) is 13.8. The molecule has 3 fully saturated rings. The summed E-state index contributed by atoms with van der Waals surface area (Å²) in [5, 5.41) is 19.3. The summed E-state index contributed by atoms with van der Waals surface area (Å²) in [6.45, 7) is 14.1. The number of para-hydroxylation sites is 3. The Morgan fingerprint density at radius 1 is 0.477 bits per heavy atom. The smallest absolute Gasteiger partial charge is 0.425 e. The summed E-state index contributed by atoms with van der Waals surface area (Å²) >= 11 is 5.77. The van der Waals surface area contributed by atoms with E-state index < -0.39 is 130 Å². The Labute approximate surface area is 633 Å². The molecule has 3 saturated carbocycles. The number of hydrogen-bond donors (Lipinski definition) is 6. The van der Waals surface area contributed by atoms with Crippen molar-refractivity contribution in [2.75, 3.05) is 35.0 Å². The van der Waals surface area contributed by atoms with E-state index in [0.29, 0.717) is 22.5 Å². The molecule has 6 aromatic rings. The van der Waals surface area contributed by atoms with E-state index in [4.69, 9.17) is 46.1 Å². The molecular formula is C78H94ClF6N9O15. The third kappa shape index (κ3) is 29.6. The number of benzene rings is 3. The van der Waals surface area contributed by atoms with Gasteiger partial charge in [0.25, 0.3) is 0 Å². The van der Waals surface area contributed by atoms with Crippen LogP contribution in [0.15, 0.2) is 110 Å². The third-order valence-corrected chi connectivity index (χ3v) is 17.0. The Hall–Kier alpha value is -10.4. The molecular weight excluding hydrogens is 1450 g/mol. The first-order valence-electron chi connectivity index (χ1n) is 35.6. The number of nitrogens with zero attached hydrogens (tertiary/aromatic N) is 4. The first-order chi connectivity index (χ1) is 51.4. The lowest BCUT2D eigenvalue weighted by Crippen LogP contribution is -2.46. The molecule has 24 nitrogen and oxygen atoms in total. The number of nitrogen functional groups attached to an aromatic ring is 1. The fourth-order valence-corrected chi connectivity index (χ4v) is 11.5. The highest BCUT2D eigenvalue weighted by Gasteiger charge is 2.36. The second-order valence-electron chi connectivity index (χ2n) is 29.1. The summed E-state index contributed by atoms with van der Waals surface area (Å²) in [5.41, 5.74) is 5.15. The lowest BCUT2D eigenvalue weighted by molar-refractivity contribution is -0.131. The molecule has 0 saturated heterocycles. The van der Waals surface area contributed by atoms with Gasteiger partial charge in [-0.3, -0.25) is 34.1 Å². The van der Waals surface area contributed by atoms with Gasteiger partial charge in [0, 0.05) is 55.6 Å². The lowest BCUT2D eigenvalue weighted by Gasteiger charge is -2.28. The number of nitrogens with one attached hydrogen (secondary N) is 4. The Balaban J connectivity index is 0.000000242. The maximum Gasteiger partial charge on any atom is 0.425 e. The number of Topliss-reactive ketones (excluding diaryl/α,β-unsaturated/α-hetero) is 3. The first kappa shape index (κ1) is 87.5. The SMILES string of the molecule is CC(C)(C)OC(=O)N(C(=O)OC(C)(C)C)c1ccc(CC(NC(=O)C2CCCC2)C(=O)CCl)cn1.CC(C)(C)OC(=O)Nc1ccc(CC(NC(=O)C2CCCC2)C(=O)COc2c(F)cccc2F)cn1.Nc1ccc(CC(NC(=O)C2CCCC2)C(=O)COc2c(F)cccc2F)cn1.Oc1c(F)cccc1F. The molecule has 0 radical (unpaired) electrons. The third-order valence-electron chi connectivity index (χ3n) is 16.7. The molecule has 31 heteroatoms. The molecule has 3 heterocycles. The molecule has 0 bridgehead atoms. The molecule has 0 spiro atoms. The van der Waals surface area contributed by atoms with Gasteiger partial charge in [-0.25, -0.2) is 55.7 Å². The Bertz CT molecular complexity index is 3980. The minimum Gasteiger partial charge on any atom is -0.503 e. The minimum absolute atomic E-state index is 0.00691. The minimum atomic E-state index is -0.987. The van der Waals surface area contributed by atoms with Gasteiger partial charge in [0.1, 0.15) is 47.5 Å². The van der Waals surface area contributed by atoms with Crippen molar-refractivity contribution in [2.45, 2.75) is 194 Å². The van der Waals surface area contributed by atoms with Crippen molar-refractivity contribution in [3.63, 3.8) is 0 Å². The van der Waals surface area contributed by atoms with Crippen LogP contribution in [0.25, 0.3) is 0 Å².